The second-order valence-electron chi connectivity index (χ2n) is 19.4. The maximum atomic E-state index is 15.4. The highest BCUT2D eigenvalue weighted by Crippen LogP contribution is 2.47. The molecule has 1 unspecified atom stereocenters. The fourth-order valence-corrected chi connectivity index (χ4v) is 9.80. The molecule has 0 spiro atoms. The summed E-state index contributed by atoms with van der Waals surface area (Å²) < 4.78 is 12.2. The van der Waals surface area contributed by atoms with Gasteiger partial charge in [0.05, 0.1) is 22.5 Å². The van der Waals surface area contributed by atoms with E-state index in [1.165, 1.54) is 37.4 Å². The van der Waals surface area contributed by atoms with Crippen LogP contribution in [0.25, 0.3) is 11.1 Å². The topological polar surface area (TPSA) is 407 Å². The van der Waals surface area contributed by atoms with Gasteiger partial charge in [-0.1, -0.05) is 55.2 Å². The third-order valence-electron chi connectivity index (χ3n) is 13.3. The summed E-state index contributed by atoms with van der Waals surface area (Å²) in [5.41, 5.74) is 3.31. The summed E-state index contributed by atoms with van der Waals surface area (Å²) >= 11 is 13.5. The molecule has 25 nitrogen and oxygen atoms in total. The number of likely N-dealkylation sites (N-methyl/N-ethyl adjacent to an activating group) is 1. The summed E-state index contributed by atoms with van der Waals surface area (Å²) in [7, 11) is 1.50. The lowest BCUT2D eigenvalue weighted by Crippen LogP contribution is -2.59. The number of primary amides is 1. The highest BCUT2D eigenvalue weighted by Gasteiger charge is 2.41. The number of rotatable bonds is 8. The first-order valence-corrected chi connectivity index (χ1v) is 25.2. The first-order valence-electron chi connectivity index (χ1n) is 24.4. The molecular formula is C53H52Cl2N8O17. The van der Waals surface area contributed by atoms with Crippen molar-refractivity contribution in [2.24, 2.45) is 11.7 Å². The van der Waals surface area contributed by atoms with E-state index in [1.807, 2.05) is 13.8 Å². The number of benzene rings is 5. The average Bonchev–Trinajstić information content (AvgIpc) is 3.39. The Morgan fingerprint density at radius 1 is 0.650 bits per heavy atom. The van der Waals surface area contributed by atoms with E-state index in [2.05, 4.69) is 37.2 Å². The van der Waals surface area contributed by atoms with Crippen molar-refractivity contribution in [3.05, 3.63) is 117 Å². The highest BCUT2D eigenvalue weighted by molar-refractivity contribution is 6.32. The number of hydrogen-bond acceptors (Lipinski definition) is 17. The molecule has 7 amide bonds. The van der Waals surface area contributed by atoms with E-state index in [-0.39, 0.29) is 56.1 Å². The molecule has 5 aliphatic heterocycles. The van der Waals surface area contributed by atoms with Crippen LogP contribution in [0.5, 0.6) is 46.0 Å². The van der Waals surface area contributed by atoms with Crippen LogP contribution in [0.3, 0.4) is 0 Å². The van der Waals surface area contributed by atoms with Gasteiger partial charge < -0.3 is 88.2 Å². The average molecular weight is 1140 g/mol. The lowest BCUT2D eigenvalue weighted by atomic mass is 9.89. The summed E-state index contributed by atoms with van der Waals surface area (Å²) in [5.74, 6) is -15.0. The molecule has 5 aromatic rings. The molecule has 80 heavy (non-hydrogen) atoms. The van der Waals surface area contributed by atoms with Crippen LogP contribution in [0.2, 0.25) is 10.0 Å². The van der Waals surface area contributed by atoms with Crippen LogP contribution < -0.4 is 52.4 Å². The number of fused-ring (bicyclic) bond motifs is 15. The molecule has 0 saturated carbocycles. The number of aliphatic hydroxyl groups is 2. The number of aliphatic carboxylic acids is 1. The Balaban J connectivity index is 1.36. The van der Waals surface area contributed by atoms with Crippen molar-refractivity contribution in [2.75, 3.05) is 7.05 Å². The van der Waals surface area contributed by atoms with Crippen molar-refractivity contribution < 1.29 is 83.6 Å². The van der Waals surface area contributed by atoms with Crippen LogP contribution in [0.15, 0.2) is 78.9 Å². The molecule has 9 atom stereocenters. The fourth-order valence-electron chi connectivity index (χ4n) is 9.34. The minimum atomic E-state index is -2.19. The van der Waals surface area contributed by atoms with Gasteiger partial charge in [0.15, 0.2) is 17.5 Å². The van der Waals surface area contributed by atoms with Crippen molar-refractivity contribution in [3.8, 4) is 57.1 Å². The van der Waals surface area contributed by atoms with Gasteiger partial charge in [-0.05, 0) is 96.2 Å². The van der Waals surface area contributed by atoms with Crippen molar-refractivity contribution in [2.45, 2.75) is 81.2 Å². The third-order valence-corrected chi connectivity index (χ3v) is 13.9. The normalized spacial score (nSPS) is 22.4. The zero-order valence-electron chi connectivity index (χ0n) is 42.2. The molecule has 0 aliphatic carbocycles. The molecule has 5 aromatic carbocycles. The first-order chi connectivity index (χ1) is 37.8. The number of phenols is 4. The number of carbonyl (C=O) groups excluding carboxylic acids is 7. The number of nitrogens with two attached hydrogens (primary N) is 1. The van der Waals surface area contributed by atoms with Gasteiger partial charge in [0.2, 0.25) is 47.1 Å². The zero-order chi connectivity index (χ0) is 58.2. The van der Waals surface area contributed by atoms with Gasteiger partial charge in [0.25, 0.3) is 0 Å². The maximum Gasteiger partial charge on any atom is 0.330 e. The van der Waals surface area contributed by atoms with Gasteiger partial charge in [0, 0.05) is 22.8 Å². The fraction of sp³-hybridized carbons (Fsp3) is 0.283. The Kier molecular flexibility index (Phi) is 16.6. The zero-order valence-corrected chi connectivity index (χ0v) is 43.8. The highest BCUT2D eigenvalue weighted by atomic mass is 35.5. The molecule has 0 saturated heterocycles. The SMILES string of the molecule is CN[C@H](CC(C)C)C(=O)NC1C(=O)N[C@@H](CC(N)=O)C(=O)N[C@H]2C(=O)N[C@H]3C(=O)N[C@H](C(=O)N[C@H](C(=O)O)c4cc(O)cc(O)c4-c4cc3ccc4O)[C@H](O)c3ccc(c(Cl)c3)Oc3cc2cc(c3O)Oc2ccc(cc2Cl)[C@H]1O. The second-order valence-corrected chi connectivity index (χ2v) is 20.2. The number of halogens is 2. The number of carboxylic acid groups (broad SMARTS) is 1. The van der Waals surface area contributed by atoms with E-state index in [9.17, 15) is 69.3 Å². The van der Waals surface area contributed by atoms with Crippen LogP contribution in [-0.2, 0) is 38.4 Å². The van der Waals surface area contributed by atoms with Crippen molar-refractivity contribution >= 4 is 70.5 Å². The second kappa shape index (κ2) is 23.2. The number of aromatic hydroxyl groups is 4. The number of phenolic OH excluding ortho intramolecular Hbond substituents is 4. The van der Waals surface area contributed by atoms with Crippen LogP contribution >= 0.6 is 23.2 Å². The van der Waals surface area contributed by atoms with Crippen LogP contribution in [0, 0.1) is 5.92 Å². The maximum absolute atomic E-state index is 15.4. The summed E-state index contributed by atoms with van der Waals surface area (Å²) in [6.45, 7) is 3.68. The third kappa shape index (κ3) is 11.9. The molecular weight excluding hydrogens is 1090 g/mol. The molecule has 11 bridgehead atoms. The van der Waals surface area contributed by atoms with Gasteiger partial charge in [-0.15, -0.1) is 0 Å². The van der Waals surface area contributed by atoms with Crippen molar-refractivity contribution in [1.29, 1.82) is 0 Å². The predicted octanol–water partition coefficient (Wildman–Crippen LogP) is 2.40. The summed E-state index contributed by atoms with van der Waals surface area (Å²) in [4.78, 5) is 114. The van der Waals surface area contributed by atoms with Crippen LogP contribution in [0.4, 0.5) is 0 Å². The molecule has 16 N–H and O–H groups in total. The molecule has 0 radical (unpaired) electrons. The monoisotopic (exact) mass is 1140 g/mol. The minimum absolute atomic E-state index is 0.0350. The van der Waals surface area contributed by atoms with E-state index in [0.717, 1.165) is 48.5 Å². The van der Waals surface area contributed by atoms with E-state index in [1.54, 1.807) is 0 Å². The largest absolute Gasteiger partial charge is 0.508 e. The summed E-state index contributed by atoms with van der Waals surface area (Å²) in [5, 5.41) is 96.1. The standard InChI is InChI=1S/C53H52Cl2N8O17/c1-19(2)10-29(57-3)47(71)62-42-44(68)21-5-8-33(27(54)12-21)79-35-14-23-15-36(46(35)70)80-34-9-6-22(13-28(34)55)45(69)43-52(76)61-41(53(77)78)26-16-24(64)17-32(66)38(26)25-11-20(4-7-31(25)65)39(49(73)63-43)60-50(74)40(23)59-48(72)30(18-37(56)67)58-51(42)75/h4-9,11-17,19,29-30,39-45,57,64-66,68-70H,10,18H2,1-3H3,(H2,56,67)(H,58,75)(H,59,72)(H,60,74)(H,61,76)(H,62,71)(H,63,73)(H,77,78)/t29-,30+,39-,40-,41+,42?,43+,44-,45-/m1/s1. The molecule has 0 aromatic heterocycles. The van der Waals surface area contributed by atoms with E-state index in [0.29, 0.717) is 0 Å². The number of nitrogens with one attached hydrogen (secondary N) is 7. The predicted molar refractivity (Wildman–Crippen MR) is 280 cm³/mol. The van der Waals surface area contributed by atoms with Gasteiger partial charge >= 0.3 is 5.97 Å². The lowest BCUT2D eigenvalue weighted by Gasteiger charge is -2.31. The first kappa shape index (κ1) is 57.3. The Bertz CT molecular complexity index is 3380. The van der Waals surface area contributed by atoms with E-state index >= 15 is 4.79 Å². The van der Waals surface area contributed by atoms with Gasteiger partial charge in [-0.2, -0.15) is 0 Å². The van der Waals surface area contributed by atoms with E-state index in [4.69, 9.17) is 38.4 Å². The van der Waals surface area contributed by atoms with E-state index < -0.39 is 159 Å². The number of carbonyl (C=O) groups is 8. The molecule has 27 heteroatoms. The quantitative estimate of drug-likeness (QED) is 0.106. The molecule has 5 aliphatic rings. The van der Waals surface area contributed by atoms with Crippen molar-refractivity contribution in [1.82, 2.24) is 37.2 Å². The van der Waals surface area contributed by atoms with Crippen LogP contribution in [-0.4, -0.2) is 114 Å². The molecule has 10 rings (SSSR count). The smallest absolute Gasteiger partial charge is 0.330 e. The summed E-state index contributed by atoms with van der Waals surface area (Å²) in [6, 6.07) is 0.577. The minimum Gasteiger partial charge on any atom is -0.508 e. The lowest BCUT2D eigenvalue weighted by molar-refractivity contribution is -0.143. The molecule has 0 fully saturated rings. The molecule has 5 heterocycles. The Hall–Kier alpha value is -8.88. The Morgan fingerprint density at radius 2 is 1.23 bits per heavy atom. The number of ether oxygens (including phenoxy) is 2. The van der Waals surface area contributed by atoms with Crippen molar-refractivity contribution in [3.63, 3.8) is 0 Å². The van der Waals surface area contributed by atoms with Gasteiger partial charge in [-0.25, -0.2) is 4.79 Å². The van der Waals surface area contributed by atoms with Gasteiger partial charge in [-0.3, -0.25) is 33.6 Å². The Morgan fingerprint density at radius 3 is 1.80 bits per heavy atom. The summed E-state index contributed by atoms with van der Waals surface area (Å²) in [6.07, 6.45) is -4.77. The number of hydrogen-bond donors (Lipinski definition) is 15. The van der Waals surface area contributed by atoms with Crippen LogP contribution in [0.1, 0.15) is 84.8 Å². The Labute approximate surface area is 463 Å². The van der Waals surface area contributed by atoms with Gasteiger partial charge in [0.1, 0.15) is 71.2 Å². The molecule has 420 valence electrons. The number of aliphatic hydroxyl groups excluding tert-OH is 2. The number of carboxylic acids is 1. The number of amides is 7.